The third-order valence-electron chi connectivity index (χ3n) is 3.42. The molecule has 0 bridgehead atoms. The van der Waals surface area contributed by atoms with Gasteiger partial charge in [-0.3, -0.25) is 9.69 Å². The van der Waals surface area contributed by atoms with Crippen molar-refractivity contribution in [1.29, 1.82) is 0 Å². The van der Waals surface area contributed by atoms with Gasteiger partial charge in [0.2, 0.25) is 0 Å². The summed E-state index contributed by atoms with van der Waals surface area (Å²) in [5.74, 6) is 1.63. The fourth-order valence-corrected chi connectivity index (χ4v) is 2.90. The molecule has 1 aliphatic rings. The van der Waals surface area contributed by atoms with Crippen LogP contribution in [0.15, 0.2) is 0 Å². The van der Waals surface area contributed by atoms with Crippen molar-refractivity contribution in [2.45, 2.75) is 45.1 Å². The van der Waals surface area contributed by atoms with Crippen molar-refractivity contribution < 1.29 is 9.90 Å². The van der Waals surface area contributed by atoms with E-state index in [1.54, 1.807) is 0 Å². The Bertz CT molecular complexity index is 235. The molecule has 0 aromatic heterocycles. The SMILES string of the molecule is CCSCCCN1CCCCC1(C)C(=O)O. The van der Waals surface area contributed by atoms with Gasteiger partial charge in [0.1, 0.15) is 5.54 Å². The van der Waals surface area contributed by atoms with Crippen LogP contribution in [0, 0.1) is 0 Å². The van der Waals surface area contributed by atoms with Gasteiger partial charge in [-0.1, -0.05) is 6.92 Å². The summed E-state index contributed by atoms with van der Waals surface area (Å²) in [6.07, 6.45) is 4.08. The van der Waals surface area contributed by atoms with Gasteiger partial charge < -0.3 is 5.11 Å². The Morgan fingerprint density at radius 1 is 1.50 bits per heavy atom. The first-order chi connectivity index (χ1) is 7.61. The smallest absolute Gasteiger partial charge is 0.323 e. The second-order valence-corrected chi connectivity index (χ2v) is 5.97. The topological polar surface area (TPSA) is 40.5 Å². The van der Waals surface area contributed by atoms with Crippen molar-refractivity contribution in [2.75, 3.05) is 24.6 Å². The van der Waals surface area contributed by atoms with Gasteiger partial charge in [-0.2, -0.15) is 11.8 Å². The lowest BCUT2D eigenvalue weighted by Gasteiger charge is -2.41. The molecule has 1 fully saturated rings. The van der Waals surface area contributed by atoms with Gasteiger partial charge in [0.05, 0.1) is 0 Å². The van der Waals surface area contributed by atoms with E-state index in [-0.39, 0.29) is 0 Å². The van der Waals surface area contributed by atoms with E-state index in [1.807, 2.05) is 18.7 Å². The first-order valence-electron chi connectivity index (χ1n) is 6.17. The van der Waals surface area contributed by atoms with E-state index in [4.69, 9.17) is 0 Å². The van der Waals surface area contributed by atoms with Crippen LogP contribution in [-0.4, -0.2) is 46.1 Å². The molecule has 1 heterocycles. The molecule has 3 nitrogen and oxygen atoms in total. The minimum absolute atomic E-state index is 0.616. The van der Waals surface area contributed by atoms with E-state index >= 15 is 0 Å². The summed E-state index contributed by atoms with van der Waals surface area (Å²) in [6.45, 7) is 5.91. The molecule has 0 amide bonds. The Morgan fingerprint density at radius 3 is 2.88 bits per heavy atom. The minimum atomic E-state index is -0.657. The van der Waals surface area contributed by atoms with Crippen LogP contribution in [0.5, 0.6) is 0 Å². The van der Waals surface area contributed by atoms with Crippen molar-refractivity contribution in [1.82, 2.24) is 4.90 Å². The second kappa shape index (κ2) is 6.50. The van der Waals surface area contributed by atoms with Gasteiger partial charge >= 0.3 is 5.97 Å². The highest BCUT2D eigenvalue weighted by Crippen LogP contribution is 2.28. The molecule has 1 saturated heterocycles. The van der Waals surface area contributed by atoms with E-state index in [1.165, 1.54) is 0 Å². The molecule has 0 saturated carbocycles. The van der Waals surface area contributed by atoms with Crippen LogP contribution in [0.25, 0.3) is 0 Å². The Labute approximate surface area is 103 Å². The Balaban J connectivity index is 2.44. The van der Waals surface area contributed by atoms with Crippen LogP contribution in [-0.2, 0) is 4.79 Å². The lowest BCUT2D eigenvalue weighted by atomic mass is 9.88. The number of carboxylic acid groups (broad SMARTS) is 1. The number of carboxylic acids is 1. The fourth-order valence-electron chi connectivity index (χ4n) is 2.28. The standard InChI is InChI=1S/C12H23NO2S/c1-3-16-10-6-9-13-8-5-4-7-12(13,2)11(14)15/h3-10H2,1-2H3,(H,14,15). The Morgan fingerprint density at radius 2 is 2.25 bits per heavy atom. The second-order valence-electron chi connectivity index (χ2n) is 4.57. The zero-order valence-electron chi connectivity index (χ0n) is 10.4. The van der Waals surface area contributed by atoms with Crippen LogP contribution in [0.1, 0.15) is 39.5 Å². The number of thioether (sulfide) groups is 1. The number of likely N-dealkylation sites (tertiary alicyclic amines) is 1. The summed E-state index contributed by atoms with van der Waals surface area (Å²) in [6, 6.07) is 0. The molecule has 1 unspecified atom stereocenters. The molecular weight excluding hydrogens is 222 g/mol. The van der Waals surface area contributed by atoms with E-state index in [0.29, 0.717) is 0 Å². The van der Waals surface area contributed by atoms with Crippen molar-refractivity contribution >= 4 is 17.7 Å². The number of nitrogens with zero attached hydrogens (tertiary/aromatic N) is 1. The number of piperidine rings is 1. The summed E-state index contributed by atoms with van der Waals surface area (Å²) in [4.78, 5) is 13.5. The predicted octanol–water partition coefficient (Wildman–Crippen LogP) is 2.46. The Kier molecular flexibility index (Phi) is 5.62. The number of hydrogen-bond donors (Lipinski definition) is 1. The molecule has 0 aromatic carbocycles. The van der Waals surface area contributed by atoms with Gasteiger partial charge in [-0.05, 0) is 50.7 Å². The monoisotopic (exact) mass is 245 g/mol. The number of carbonyl (C=O) groups is 1. The summed E-state index contributed by atoms with van der Waals surface area (Å²) >= 11 is 1.93. The van der Waals surface area contributed by atoms with Crippen molar-refractivity contribution in [3.8, 4) is 0 Å². The zero-order valence-corrected chi connectivity index (χ0v) is 11.2. The molecule has 1 N–H and O–H groups in total. The molecule has 1 rings (SSSR count). The molecular formula is C12H23NO2S. The molecule has 0 aromatic rings. The van der Waals surface area contributed by atoms with Gasteiger partial charge in [0, 0.05) is 6.54 Å². The van der Waals surface area contributed by atoms with Crippen LogP contribution in [0.2, 0.25) is 0 Å². The molecule has 0 aliphatic carbocycles. The molecule has 0 radical (unpaired) electrons. The number of hydrogen-bond acceptors (Lipinski definition) is 3. The third kappa shape index (κ3) is 3.39. The van der Waals surface area contributed by atoms with E-state index < -0.39 is 11.5 Å². The predicted molar refractivity (Wildman–Crippen MR) is 69.1 cm³/mol. The fraction of sp³-hybridized carbons (Fsp3) is 0.917. The van der Waals surface area contributed by atoms with Crippen molar-refractivity contribution in [3.63, 3.8) is 0 Å². The largest absolute Gasteiger partial charge is 0.480 e. The molecule has 4 heteroatoms. The first kappa shape index (κ1) is 13.8. The average molecular weight is 245 g/mol. The zero-order chi connectivity index (χ0) is 12.0. The molecule has 1 atom stereocenters. The van der Waals surface area contributed by atoms with E-state index in [9.17, 15) is 9.90 Å². The third-order valence-corrected chi connectivity index (χ3v) is 4.41. The average Bonchev–Trinajstić information content (AvgIpc) is 2.26. The summed E-state index contributed by atoms with van der Waals surface area (Å²) in [5.41, 5.74) is -0.616. The molecule has 1 aliphatic heterocycles. The first-order valence-corrected chi connectivity index (χ1v) is 7.33. The lowest BCUT2D eigenvalue weighted by molar-refractivity contribution is -0.152. The van der Waals surface area contributed by atoms with Crippen LogP contribution >= 0.6 is 11.8 Å². The normalized spacial score (nSPS) is 26.9. The van der Waals surface area contributed by atoms with Gasteiger partial charge in [-0.15, -0.1) is 0 Å². The highest BCUT2D eigenvalue weighted by molar-refractivity contribution is 7.99. The van der Waals surface area contributed by atoms with Crippen LogP contribution < -0.4 is 0 Å². The lowest BCUT2D eigenvalue weighted by Crippen LogP contribution is -2.55. The maximum Gasteiger partial charge on any atom is 0.323 e. The number of rotatable bonds is 6. The summed E-state index contributed by atoms with van der Waals surface area (Å²) in [7, 11) is 0. The number of aliphatic carboxylic acids is 1. The van der Waals surface area contributed by atoms with Crippen molar-refractivity contribution in [3.05, 3.63) is 0 Å². The maximum atomic E-state index is 11.3. The van der Waals surface area contributed by atoms with Gasteiger partial charge in [-0.25, -0.2) is 0 Å². The molecule has 94 valence electrons. The van der Waals surface area contributed by atoms with E-state index in [2.05, 4.69) is 11.8 Å². The quantitative estimate of drug-likeness (QED) is 0.730. The van der Waals surface area contributed by atoms with Crippen LogP contribution in [0.3, 0.4) is 0 Å². The highest BCUT2D eigenvalue weighted by atomic mass is 32.2. The van der Waals surface area contributed by atoms with Gasteiger partial charge in [0.15, 0.2) is 0 Å². The maximum absolute atomic E-state index is 11.3. The van der Waals surface area contributed by atoms with Crippen molar-refractivity contribution in [2.24, 2.45) is 0 Å². The highest BCUT2D eigenvalue weighted by Gasteiger charge is 2.40. The van der Waals surface area contributed by atoms with E-state index in [0.717, 1.165) is 50.3 Å². The van der Waals surface area contributed by atoms with Crippen LogP contribution in [0.4, 0.5) is 0 Å². The molecule has 0 spiro atoms. The minimum Gasteiger partial charge on any atom is -0.480 e. The molecule has 16 heavy (non-hydrogen) atoms. The summed E-state index contributed by atoms with van der Waals surface area (Å²) in [5, 5.41) is 9.32. The summed E-state index contributed by atoms with van der Waals surface area (Å²) < 4.78 is 0. The van der Waals surface area contributed by atoms with Gasteiger partial charge in [0.25, 0.3) is 0 Å². The Hall–Kier alpha value is -0.220.